The van der Waals surface area contributed by atoms with Crippen molar-refractivity contribution in [3.8, 4) is 11.5 Å². The first-order chi connectivity index (χ1) is 10.6. The van der Waals surface area contributed by atoms with Crippen LogP contribution in [0.4, 0.5) is 0 Å². The molecule has 0 aliphatic heterocycles. The van der Waals surface area contributed by atoms with Crippen LogP contribution in [0.25, 0.3) is 0 Å². The summed E-state index contributed by atoms with van der Waals surface area (Å²) in [6.07, 6.45) is 0.497. The molecule has 0 spiro atoms. The van der Waals surface area contributed by atoms with E-state index in [0.29, 0.717) is 37.7 Å². The third-order valence-electron chi connectivity index (χ3n) is 2.91. The summed E-state index contributed by atoms with van der Waals surface area (Å²) in [6.45, 7) is 5.40. The number of aliphatic carboxylic acids is 1. The van der Waals surface area contributed by atoms with Gasteiger partial charge in [-0.2, -0.15) is 0 Å². The van der Waals surface area contributed by atoms with Gasteiger partial charge in [-0.05, 0) is 38.0 Å². The number of benzene rings is 1. The Balaban J connectivity index is 2.50. The van der Waals surface area contributed by atoms with Gasteiger partial charge in [0.2, 0.25) is 5.91 Å². The highest BCUT2D eigenvalue weighted by atomic mass is 16.5. The fourth-order valence-corrected chi connectivity index (χ4v) is 1.91. The van der Waals surface area contributed by atoms with Crippen LogP contribution in [0.1, 0.15) is 32.3 Å². The summed E-state index contributed by atoms with van der Waals surface area (Å²) in [5.41, 5.74) is 1.02. The van der Waals surface area contributed by atoms with E-state index < -0.39 is 5.97 Å². The van der Waals surface area contributed by atoms with Crippen molar-refractivity contribution in [1.82, 2.24) is 5.32 Å². The van der Waals surface area contributed by atoms with E-state index in [4.69, 9.17) is 14.6 Å². The van der Waals surface area contributed by atoms with Crippen LogP contribution in [0.2, 0.25) is 0 Å². The van der Waals surface area contributed by atoms with Gasteiger partial charge in [0.25, 0.3) is 0 Å². The maximum Gasteiger partial charge on any atom is 0.303 e. The van der Waals surface area contributed by atoms with Gasteiger partial charge in [-0.3, -0.25) is 9.59 Å². The number of amides is 1. The minimum atomic E-state index is -0.969. The molecule has 1 rings (SSSR count). The molecule has 0 saturated heterocycles. The molecule has 0 bridgehead atoms. The molecule has 0 radical (unpaired) electrons. The molecule has 6 heteroatoms. The van der Waals surface area contributed by atoms with Crippen molar-refractivity contribution in [2.75, 3.05) is 19.8 Å². The van der Waals surface area contributed by atoms with Crippen molar-refractivity contribution < 1.29 is 24.2 Å². The second-order valence-electron chi connectivity index (χ2n) is 4.64. The van der Waals surface area contributed by atoms with Crippen molar-refractivity contribution in [3.05, 3.63) is 23.8 Å². The van der Waals surface area contributed by atoms with Gasteiger partial charge in [0.1, 0.15) is 0 Å². The van der Waals surface area contributed by atoms with E-state index in [1.54, 1.807) is 0 Å². The molecule has 0 unspecified atom stereocenters. The molecule has 0 heterocycles. The fourth-order valence-electron chi connectivity index (χ4n) is 1.91. The maximum absolute atomic E-state index is 11.4. The number of hydrogen-bond acceptors (Lipinski definition) is 4. The molecule has 0 aromatic heterocycles. The lowest BCUT2D eigenvalue weighted by atomic mass is 10.1. The first-order valence-electron chi connectivity index (χ1n) is 7.43. The summed E-state index contributed by atoms with van der Waals surface area (Å²) in [5, 5.41) is 11.2. The number of carbonyl (C=O) groups is 2. The number of carbonyl (C=O) groups excluding carboxylic acids is 1. The van der Waals surface area contributed by atoms with Gasteiger partial charge in [-0.1, -0.05) is 6.07 Å². The van der Waals surface area contributed by atoms with Crippen molar-refractivity contribution in [1.29, 1.82) is 0 Å². The summed E-state index contributed by atoms with van der Waals surface area (Å²) >= 11 is 0. The quantitative estimate of drug-likeness (QED) is 0.690. The molecule has 0 aliphatic carbocycles. The molecule has 1 aromatic rings. The summed E-state index contributed by atoms with van der Waals surface area (Å²) in [4.78, 5) is 21.8. The van der Waals surface area contributed by atoms with Gasteiger partial charge in [-0.25, -0.2) is 0 Å². The van der Waals surface area contributed by atoms with E-state index in [1.165, 1.54) is 0 Å². The first kappa shape index (κ1) is 17.8. The van der Waals surface area contributed by atoms with Gasteiger partial charge in [-0.15, -0.1) is 0 Å². The third kappa shape index (κ3) is 6.47. The largest absolute Gasteiger partial charge is 0.490 e. The zero-order valence-electron chi connectivity index (χ0n) is 13.1. The van der Waals surface area contributed by atoms with Gasteiger partial charge in [0.05, 0.1) is 19.6 Å². The molecule has 2 N–H and O–H groups in total. The zero-order chi connectivity index (χ0) is 16.4. The molecule has 1 amide bonds. The van der Waals surface area contributed by atoms with E-state index in [1.807, 2.05) is 32.0 Å². The van der Waals surface area contributed by atoms with Crippen LogP contribution >= 0.6 is 0 Å². The monoisotopic (exact) mass is 309 g/mol. The molecule has 122 valence electrons. The molecule has 0 fully saturated rings. The molecule has 1 aromatic carbocycles. The van der Waals surface area contributed by atoms with Crippen molar-refractivity contribution in [2.45, 2.75) is 33.1 Å². The van der Waals surface area contributed by atoms with E-state index in [-0.39, 0.29) is 18.7 Å². The van der Waals surface area contributed by atoms with E-state index in [9.17, 15) is 9.59 Å². The lowest BCUT2D eigenvalue weighted by Crippen LogP contribution is -2.26. The minimum absolute atomic E-state index is 0.00278. The first-order valence-corrected chi connectivity index (χ1v) is 7.43. The summed E-state index contributed by atoms with van der Waals surface area (Å²) in [7, 11) is 0. The highest BCUT2D eigenvalue weighted by molar-refractivity contribution is 5.80. The Morgan fingerprint density at radius 3 is 2.41 bits per heavy atom. The van der Waals surface area contributed by atoms with Crippen LogP contribution in [0.15, 0.2) is 18.2 Å². The van der Waals surface area contributed by atoms with Crippen molar-refractivity contribution in [3.63, 3.8) is 0 Å². The number of carboxylic acids is 1. The molecule has 0 atom stereocenters. The smallest absolute Gasteiger partial charge is 0.303 e. The highest BCUT2D eigenvalue weighted by Gasteiger charge is 2.07. The SMILES string of the molecule is CCOc1ccc(CCNC(=O)CCC(=O)O)cc1OCC. The normalized spacial score (nSPS) is 10.1. The predicted molar refractivity (Wildman–Crippen MR) is 82.4 cm³/mol. The average Bonchev–Trinajstić information content (AvgIpc) is 2.48. The average molecular weight is 309 g/mol. The number of hydrogen-bond donors (Lipinski definition) is 2. The van der Waals surface area contributed by atoms with Crippen molar-refractivity contribution in [2.24, 2.45) is 0 Å². The Labute approximate surface area is 130 Å². The minimum Gasteiger partial charge on any atom is -0.490 e. The number of nitrogens with one attached hydrogen (secondary N) is 1. The number of ether oxygens (including phenoxy) is 2. The predicted octanol–water partition coefficient (Wildman–Crippen LogP) is 2.01. The summed E-state index contributed by atoms with van der Waals surface area (Å²) in [5.74, 6) is 0.180. The van der Waals surface area contributed by atoms with E-state index >= 15 is 0 Å². The van der Waals surface area contributed by atoms with E-state index in [0.717, 1.165) is 5.56 Å². The zero-order valence-corrected chi connectivity index (χ0v) is 13.1. The second kappa shape index (κ2) is 9.65. The number of rotatable bonds is 10. The summed E-state index contributed by atoms with van der Waals surface area (Å²) < 4.78 is 11.0. The van der Waals surface area contributed by atoms with Crippen LogP contribution in [-0.2, 0) is 16.0 Å². The van der Waals surface area contributed by atoms with Crippen LogP contribution in [0, 0.1) is 0 Å². The molecule has 0 saturated carbocycles. The van der Waals surface area contributed by atoms with Crippen LogP contribution in [-0.4, -0.2) is 36.7 Å². The third-order valence-corrected chi connectivity index (χ3v) is 2.91. The van der Waals surface area contributed by atoms with E-state index in [2.05, 4.69) is 5.32 Å². The fraction of sp³-hybridized carbons (Fsp3) is 0.500. The molecule has 0 aliphatic rings. The Hall–Kier alpha value is -2.24. The van der Waals surface area contributed by atoms with Crippen molar-refractivity contribution >= 4 is 11.9 Å². The molecule has 6 nitrogen and oxygen atoms in total. The number of carboxylic acid groups (broad SMARTS) is 1. The van der Waals surface area contributed by atoms with Gasteiger partial charge in [0.15, 0.2) is 11.5 Å². The second-order valence-corrected chi connectivity index (χ2v) is 4.64. The summed E-state index contributed by atoms with van der Waals surface area (Å²) in [6, 6.07) is 5.69. The lowest BCUT2D eigenvalue weighted by molar-refractivity contribution is -0.138. The lowest BCUT2D eigenvalue weighted by Gasteiger charge is -2.12. The standard InChI is InChI=1S/C16H23NO5/c1-3-21-13-6-5-12(11-14(13)22-4-2)9-10-17-15(18)7-8-16(19)20/h5-6,11H,3-4,7-10H2,1-2H3,(H,17,18)(H,19,20). The van der Waals surface area contributed by atoms with Crippen LogP contribution in [0.3, 0.4) is 0 Å². The van der Waals surface area contributed by atoms with Gasteiger partial charge >= 0.3 is 5.97 Å². The van der Waals surface area contributed by atoms with Gasteiger partial charge in [0, 0.05) is 13.0 Å². The molecular formula is C16H23NO5. The topological polar surface area (TPSA) is 84.9 Å². The molecular weight excluding hydrogens is 286 g/mol. The Morgan fingerprint density at radius 1 is 1.09 bits per heavy atom. The van der Waals surface area contributed by atoms with Gasteiger partial charge < -0.3 is 19.9 Å². The van der Waals surface area contributed by atoms with Crippen LogP contribution in [0.5, 0.6) is 11.5 Å². The van der Waals surface area contributed by atoms with Crippen LogP contribution < -0.4 is 14.8 Å². The maximum atomic E-state index is 11.4. The Kier molecular flexibility index (Phi) is 7.81. The Bertz CT molecular complexity index is 501. The Morgan fingerprint density at radius 2 is 1.77 bits per heavy atom. The highest BCUT2D eigenvalue weighted by Crippen LogP contribution is 2.28. The molecule has 22 heavy (non-hydrogen) atoms.